The summed E-state index contributed by atoms with van der Waals surface area (Å²) in [6.07, 6.45) is 1.12. The minimum atomic E-state index is -0.178. The third kappa shape index (κ3) is 2.69. The highest BCUT2D eigenvalue weighted by molar-refractivity contribution is 5.84. The molecule has 0 aromatic heterocycles. The zero-order valence-electron chi connectivity index (χ0n) is 11.9. The Kier molecular flexibility index (Phi) is 4.28. The van der Waals surface area contributed by atoms with Gasteiger partial charge in [0.2, 0.25) is 5.91 Å². The van der Waals surface area contributed by atoms with Gasteiger partial charge in [-0.3, -0.25) is 9.69 Å². The van der Waals surface area contributed by atoms with Gasteiger partial charge in [0.15, 0.2) is 0 Å². The second-order valence-corrected chi connectivity index (χ2v) is 6.01. The van der Waals surface area contributed by atoms with Crippen LogP contribution in [0.2, 0.25) is 0 Å². The van der Waals surface area contributed by atoms with Crippen LogP contribution in [0.3, 0.4) is 0 Å². The molecule has 2 saturated heterocycles. The molecule has 4 heteroatoms. The summed E-state index contributed by atoms with van der Waals surface area (Å²) in [7, 11) is 0. The summed E-state index contributed by atoms with van der Waals surface area (Å²) in [5, 5.41) is 0. The number of morpholine rings is 1. The highest BCUT2D eigenvalue weighted by Gasteiger charge is 2.45. The minimum Gasteiger partial charge on any atom is -0.379 e. The average molecular weight is 254 g/mol. The number of rotatable bonds is 4. The number of carbonyl (C=O) groups is 1. The van der Waals surface area contributed by atoms with Crippen LogP contribution >= 0.6 is 0 Å². The predicted octanol–water partition coefficient (Wildman–Crippen LogP) is 1.21. The van der Waals surface area contributed by atoms with Crippen molar-refractivity contribution in [2.45, 2.75) is 27.2 Å². The van der Waals surface area contributed by atoms with Gasteiger partial charge >= 0.3 is 0 Å². The summed E-state index contributed by atoms with van der Waals surface area (Å²) in [4.78, 5) is 16.7. The van der Waals surface area contributed by atoms with E-state index in [9.17, 15) is 4.79 Å². The molecule has 0 aromatic rings. The molecular formula is C14H26N2O2. The molecule has 0 spiro atoms. The van der Waals surface area contributed by atoms with Crippen LogP contribution in [0.25, 0.3) is 0 Å². The molecule has 1 atom stereocenters. The Morgan fingerprint density at radius 3 is 2.56 bits per heavy atom. The molecule has 2 heterocycles. The molecule has 0 aliphatic carbocycles. The lowest BCUT2D eigenvalue weighted by Crippen LogP contribution is -2.38. The van der Waals surface area contributed by atoms with Crippen molar-refractivity contribution in [2.75, 3.05) is 45.9 Å². The zero-order valence-corrected chi connectivity index (χ0v) is 11.9. The average Bonchev–Trinajstić information content (AvgIpc) is 2.60. The maximum absolute atomic E-state index is 12.2. The molecule has 1 amide bonds. The van der Waals surface area contributed by atoms with E-state index < -0.39 is 0 Å². The first-order chi connectivity index (χ1) is 8.55. The lowest BCUT2D eigenvalue weighted by molar-refractivity contribution is -0.135. The Morgan fingerprint density at radius 1 is 1.33 bits per heavy atom. The number of carbonyl (C=O) groups excluding carboxylic acids is 1. The van der Waals surface area contributed by atoms with Gasteiger partial charge < -0.3 is 9.64 Å². The van der Waals surface area contributed by atoms with Crippen molar-refractivity contribution in [3.05, 3.63) is 0 Å². The van der Waals surface area contributed by atoms with Crippen LogP contribution in [-0.2, 0) is 9.53 Å². The standard InChI is InChI=1S/C14H26N2O2/c1-4-16-11-12(14(2,3)13(16)17)5-6-15-7-9-18-10-8-15/h12H,4-11H2,1-3H3. The van der Waals surface area contributed by atoms with Gasteiger partial charge in [-0.25, -0.2) is 0 Å². The van der Waals surface area contributed by atoms with E-state index in [0.717, 1.165) is 52.4 Å². The minimum absolute atomic E-state index is 0.178. The fourth-order valence-corrected chi connectivity index (χ4v) is 3.05. The van der Waals surface area contributed by atoms with Gasteiger partial charge in [0.05, 0.1) is 13.2 Å². The molecule has 0 bridgehead atoms. The van der Waals surface area contributed by atoms with E-state index >= 15 is 0 Å². The first kappa shape index (κ1) is 13.8. The summed E-state index contributed by atoms with van der Waals surface area (Å²) in [5.41, 5.74) is -0.178. The highest BCUT2D eigenvalue weighted by atomic mass is 16.5. The summed E-state index contributed by atoms with van der Waals surface area (Å²) >= 11 is 0. The number of hydrogen-bond acceptors (Lipinski definition) is 3. The van der Waals surface area contributed by atoms with Crippen LogP contribution in [0.5, 0.6) is 0 Å². The zero-order chi connectivity index (χ0) is 13.2. The van der Waals surface area contributed by atoms with Crippen LogP contribution in [-0.4, -0.2) is 61.6 Å². The Hall–Kier alpha value is -0.610. The Morgan fingerprint density at radius 2 is 2.00 bits per heavy atom. The van der Waals surface area contributed by atoms with Crippen molar-refractivity contribution in [3.8, 4) is 0 Å². The number of likely N-dealkylation sites (tertiary alicyclic amines) is 1. The van der Waals surface area contributed by atoms with Crippen molar-refractivity contribution in [1.29, 1.82) is 0 Å². The van der Waals surface area contributed by atoms with E-state index in [1.807, 2.05) is 4.90 Å². The van der Waals surface area contributed by atoms with Crippen LogP contribution in [0.4, 0.5) is 0 Å². The van der Waals surface area contributed by atoms with Crippen LogP contribution in [0.1, 0.15) is 27.2 Å². The first-order valence-corrected chi connectivity index (χ1v) is 7.15. The van der Waals surface area contributed by atoms with Crippen molar-refractivity contribution in [2.24, 2.45) is 11.3 Å². The smallest absolute Gasteiger partial charge is 0.228 e. The Bertz CT molecular complexity index is 298. The van der Waals surface area contributed by atoms with Gasteiger partial charge in [-0.2, -0.15) is 0 Å². The quantitative estimate of drug-likeness (QED) is 0.756. The van der Waals surface area contributed by atoms with E-state index in [1.165, 1.54) is 0 Å². The molecular weight excluding hydrogens is 228 g/mol. The number of hydrogen-bond donors (Lipinski definition) is 0. The Labute approximate surface area is 110 Å². The van der Waals surface area contributed by atoms with Crippen LogP contribution < -0.4 is 0 Å². The van der Waals surface area contributed by atoms with Crippen molar-refractivity contribution < 1.29 is 9.53 Å². The van der Waals surface area contributed by atoms with E-state index in [1.54, 1.807) is 0 Å². The molecule has 2 rings (SSSR count). The SMILES string of the molecule is CCN1CC(CCN2CCOCC2)C(C)(C)C1=O. The van der Waals surface area contributed by atoms with E-state index in [4.69, 9.17) is 4.74 Å². The van der Waals surface area contributed by atoms with Crippen molar-refractivity contribution >= 4 is 5.91 Å². The molecule has 0 aromatic carbocycles. The molecule has 2 aliphatic heterocycles. The number of nitrogens with zero attached hydrogens (tertiary/aromatic N) is 2. The molecule has 2 aliphatic rings. The van der Waals surface area contributed by atoms with E-state index in [2.05, 4.69) is 25.7 Å². The lowest BCUT2D eigenvalue weighted by atomic mass is 9.79. The Balaban J connectivity index is 1.87. The molecule has 1 unspecified atom stereocenters. The molecule has 0 saturated carbocycles. The largest absolute Gasteiger partial charge is 0.379 e. The van der Waals surface area contributed by atoms with Gasteiger partial charge in [-0.05, 0) is 25.8 Å². The second kappa shape index (κ2) is 5.57. The second-order valence-electron chi connectivity index (χ2n) is 6.01. The monoisotopic (exact) mass is 254 g/mol. The molecule has 0 N–H and O–H groups in total. The fraction of sp³-hybridized carbons (Fsp3) is 0.929. The van der Waals surface area contributed by atoms with E-state index in [0.29, 0.717) is 11.8 Å². The van der Waals surface area contributed by atoms with Crippen LogP contribution in [0, 0.1) is 11.3 Å². The summed E-state index contributed by atoms with van der Waals surface area (Å²) < 4.78 is 5.36. The molecule has 2 fully saturated rings. The van der Waals surface area contributed by atoms with Crippen molar-refractivity contribution in [3.63, 3.8) is 0 Å². The molecule has 4 nitrogen and oxygen atoms in total. The maximum Gasteiger partial charge on any atom is 0.228 e. The van der Waals surface area contributed by atoms with Gasteiger partial charge in [-0.1, -0.05) is 13.8 Å². The molecule has 18 heavy (non-hydrogen) atoms. The van der Waals surface area contributed by atoms with Gasteiger partial charge in [0.1, 0.15) is 0 Å². The fourth-order valence-electron chi connectivity index (χ4n) is 3.05. The number of ether oxygens (including phenoxy) is 1. The third-order valence-electron chi connectivity index (χ3n) is 4.58. The topological polar surface area (TPSA) is 32.8 Å². The number of amides is 1. The van der Waals surface area contributed by atoms with Crippen molar-refractivity contribution in [1.82, 2.24) is 9.80 Å². The summed E-state index contributed by atoms with van der Waals surface area (Å²) in [6.45, 7) is 13.0. The van der Waals surface area contributed by atoms with Gasteiger partial charge in [-0.15, -0.1) is 0 Å². The lowest BCUT2D eigenvalue weighted by Gasteiger charge is -2.30. The van der Waals surface area contributed by atoms with Gasteiger partial charge in [0, 0.05) is 31.6 Å². The third-order valence-corrected chi connectivity index (χ3v) is 4.58. The normalized spacial score (nSPS) is 28.9. The van der Waals surface area contributed by atoms with Gasteiger partial charge in [0.25, 0.3) is 0 Å². The van der Waals surface area contributed by atoms with Crippen LogP contribution in [0.15, 0.2) is 0 Å². The maximum atomic E-state index is 12.2. The summed E-state index contributed by atoms with van der Waals surface area (Å²) in [6, 6.07) is 0. The predicted molar refractivity (Wildman–Crippen MR) is 71.4 cm³/mol. The molecule has 0 radical (unpaired) electrons. The molecule has 104 valence electrons. The first-order valence-electron chi connectivity index (χ1n) is 7.15. The summed E-state index contributed by atoms with van der Waals surface area (Å²) in [5.74, 6) is 0.824. The van der Waals surface area contributed by atoms with E-state index in [-0.39, 0.29) is 5.41 Å². The highest BCUT2D eigenvalue weighted by Crippen LogP contribution is 2.38.